The van der Waals surface area contributed by atoms with Crippen molar-refractivity contribution in [3.05, 3.63) is 93.8 Å². The Bertz CT molecular complexity index is 999. The maximum absolute atomic E-state index is 12.5. The molecule has 0 saturated heterocycles. The van der Waals surface area contributed by atoms with Crippen LogP contribution in [0.25, 0.3) is 6.08 Å². The summed E-state index contributed by atoms with van der Waals surface area (Å²) in [6.45, 7) is 2.32. The van der Waals surface area contributed by atoms with Crippen molar-refractivity contribution in [2.75, 3.05) is 0 Å². The molecule has 0 aliphatic rings. The molecule has 1 heterocycles. The minimum atomic E-state index is -0.334. The number of carbonyl (C=O) groups excluding carboxylic acids is 1. The van der Waals surface area contributed by atoms with E-state index in [4.69, 9.17) is 11.6 Å². The summed E-state index contributed by atoms with van der Waals surface area (Å²) in [6, 6.07) is 20.5. The summed E-state index contributed by atoms with van der Waals surface area (Å²) < 4.78 is 1.67. The average molecular weight is 362 g/mol. The van der Waals surface area contributed by atoms with Crippen LogP contribution in [0.4, 0.5) is 0 Å². The first-order valence-electron chi connectivity index (χ1n) is 8.08. The zero-order valence-corrected chi connectivity index (χ0v) is 14.9. The number of aromatic nitrogens is 2. The van der Waals surface area contributed by atoms with Gasteiger partial charge in [0.05, 0.1) is 12.2 Å². The van der Waals surface area contributed by atoms with Crippen LogP contribution in [0.5, 0.6) is 0 Å². The van der Waals surface area contributed by atoms with E-state index in [2.05, 4.69) is 5.10 Å². The zero-order valence-electron chi connectivity index (χ0n) is 14.2. The lowest BCUT2D eigenvalue weighted by Gasteiger charge is -2.03. The fourth-order valence-electron chi connectivity index (χ4n) is 2.63. The fraction of sp³-hybridized carbons (Fsp3) is 0.0952. The number of halogens is 1. The number of rotatable bonds is 5. The molecule has 0 fully saturated rings. The standard InChI is InChI=1S/C21H16ClN3O/c1-15-19(12-18(13-23)20(26)17-10-6-3-7-11-17)21(22)25(24-15)14-16-8-4-2-5-9-16/h2-12H,14H2,1H3/b18-12+. The van der Waals surface area contributed by atoms with Gasteiger partial charge in [-0.25, -0.2) is 4.68 Å². The number of aryl methyl sites for hydroxylation is 1. The summed E-state index contributed by atoms with van der Waals surface area (Å²) in [5.74, 6) is -0.334. The van der Waals surface area contributed by atoms with Crippen LogP contribution in [0.15, 0.2) is 66.2 Å². The van der Waals surface area contributed by atoms with Crippen LogP contribution in [0.1, 0.15) is 27.2 Å². The molecule has 4 nitrogen and oxygen atoms in total. The van der Waals surface area contributed by atoms with Gasteiger partial charge in [-0.3, -0.25) is 4.79 Å². The van der Waals surface area contributed by atoms with Gasteiger partial charge in [-0.1, -0.05) is 72.3 Å². The second-order valence-corrected chi connectivity index (χ2v) is 6.16. The van der Waals surface area contributed by atoms with Crippen LogP contribution in [0, 0.1) is 18.3 Å². The lowest BCUT2D eigenvalue weighted by atomic mass is 10.0. The minimum absolute atomic E-state index is 0.0282. The van der Waals surface area contributed by atoms with E-state index in [1.165, 1.54) is 6.08 Å². The van der Waals surface area contributed by atoms with E-state index in [9.17, 15) is 10.1 Å². The predicted octanol–water partition coefficient (Wildman–Crippen LogP) is 4.68. The Morgan fingerprint density at radius 3 is 2.38 bits per heavy atom. The second-order valence-electron chi connectivity index (χ2n) is 5.80. The lowest BCUT2D eigenvalue weighted by molar-refractivity contribution is 0.104. The normalized spacial score (nSPS) is 11.2. The van der Waals surface area contributed by atoms with Gasteiger partial charge in [0.25, 0.3) is 0 Å². The first-order chi connectivity index (χ1) is 12.6. The molecular formula is C21H16ClN3O. The van der Waals surface area contributed by atoms with Crippen molar-refractivity contribution in [1.29, 1.82) is 5.26 Å². The molecule has 0 aliphatic carbocycles. The Balaban J connectivity index is 1.95. The maximum Gasteiger partial charge on any atom is 0.203 e. The van der Waals surface area contributed by atoms with E-state index in [1.54, 1.807) is 35.9 Å². The Labute approximate surface area is 157 Å². The molecule has 3 rings (SSSR count). The predicted molar refractivity (Wildman–Crippen MR) is 102 cm³/mol. The summed E-state index contributed by atoms with van der Waals surface area (Å²) in [7, 11) is 0. The van der Waals surface area contributed by atoms with E-state index >= 15 is 0 Å². The first kappa shape index (κ1) is 17.7. The highest BCUT2D eigenvalue weighted by atomic mass is 35.5. The number of benzene rings is 2. The van der Waals surface area contributed by atoms with Crippen molar-refractivity contribution in [3.63, 3.8) is 0 Å². The summed E-state index contributed by atoms with van der Waals surface area (Å²) >= 11 is 6.47. The zero-order chi connectivity index (χ0) is 18.5. The molecule has 0 amide bonds. The van der Waals surface area contributed by atoms with Crippen LogP contribution in [0.3, 0.4) is 0 Å². The average Bonchev–Trinajstić information content (AvgIpc) is 2.94. The monoisotopic (exact) mass is 361 g/mol. The van der Waals surface area contributed by atoms with Gasteiger partial charge in [-0.15, -0.1) is 0 Å². The molecule has 0 atom stereocenters. The maximum atomic E-state index is 12.5. The van der Waals surface area contributed by atoms with E-state index in [0.29, 0.717) is 28.5 Å². The molecule has 0 spiro atoms. The van der Waals surface area contributed by atoms with E-state index in [-0.39, 0.29) is 11.4 Å². The van der Waals surface area contributed by atoms with Crippen LogP contribution in [-0.2, 0) is 6.54 Å². The number of ketones is 1. The van der Waals surface area contributed by atoms with Crippen molar-refractivity contribution in [3.8, 4) is 6.07 Å². The first-order valence-corrected chi connectivity index (χ1v) is 8.46. The van der Waals surface area contributed by atoms with Crippen molar-refractivity contribution >= 4 is 23.5 Å². The van der Waals surface area contributed by atoms with Gasteiger partial charge in [-0.05, 0) is 18.6 Å². The molecule has 2 aromatic carbocycles. The van der Waals surface area contributed by atoms with Crippen molar-refractivity contribution in [2.24, 2.45) is 0 Å². The number of allylic oxidation sites excluding steroid dienone is 1. The molecule has 128 valence electrons. The SMILES string of the molecule is Cc1nn(Cc2ccccc2)c(Cl)c1/C=C(\C#N)C(=O)c1ccccc1. The van der Waals surface area contributed by atoms with Gasteiger partial charge in [0.15, 0.2) is 0 Å². The minimum Gasteiger partial charge on any atom is -0.288 e. The molecule has 0 saturated carbocycles. The number of Topliss-reactive ketones (excluding diaryl/α,β-unsaturated/α-hetero) is 1. The van der Waals surface area contributed by atoms with Crippen LogP contribution >= 0.6 is 11.6 Å². The summed E-state index contributed by atoms with van der Waals surface area (Å²) in [6.07, 6.45) is 1.52. The molecule has 5 heteroatoms. The molecule has 1 aromatic heterocycles. The molecule has 0 unspecified atom stereocenters. The molecular weight excluding hydrogens is 346 g/mol. The highest BCUT2D eigenvalue weighted by Gasteiger charge is 2.17. The highest BCUT2D eigenvalue weighted by molar-refractivity contribution is 6.31. The Kier molecular flexibility index (Phi) is 5.31. The van der Waals surface area contributed by atoms with Gasteiger partial charge in [0.2, 0.25) is 5.78 Å². The second kappa shape index (κ2) is 7.81. The van der Waals surface area contributed by atoms with Gasteiger partial charge in [0, 0.05) is 11.1 Å². The van der Waals surface area contributed by atoms with Crippen molar-refractivity contribution in [1.82, 2.24) is 9.78 Å². The summed E-state index contributed by atoms with van der Waals surface area (Å²) in [5.41, 5.74) is 2.81. The van der Waals surface area contributed by atoms with Crippen LogP contribution in [-0.4, -0.2) is 15.6 Å². The third kappa shape index (κ3) is 3.74. The summed E-state index contributed by atoms with van der Waals surface area (Å²) in [4.78, 5) is 12.5. The number of hydrogen-bond acceptors (Lipinski definition) is 3. The van der Waals surface area contributed by atoms with Crippen molar-refractivity contribution in [2.45, 2.75) is 13.5 Å². The molecule has 0 radical (unpaired) electrons. The quantitative estimate of drug-likeness (QED) is 0.376. The third-order valence-electron chi connectivity index (χ3n) is 3.97. The molecule has 0 aliphatic heterocycles. The Morgan fingerprint density at radius 2 is 1.77 bits per heavy atom. The smallest absolute Gasteiger partial charge is 0.203 e. The Hall–Kier alpha value is -3.16. The van der Waals surface area contributed by atoms with Gasteiger partial charge in [-0.2, -0.15) is 10.4 Å². The van der Waals surface area contributed by atoms with Gasteiger partial charge in [0.1, 0.15) is 16.8 Å². The third-order valence-corrected chi connectivity index (χ3v) is 4.37. The van der Waals surface area contributed by atoms with Crippen LogP contribution in [0.2, 0.25) is 5.15 Å². The van der Waals surface area contributed by atoms with Gasteiger partial charge >= 0.3 is 0 Å². The Morgan fingerprint density at radius 1 is 1.15 bits per heavy atom. The summed E-state index contributed by atoms with van der Waals surface area (Å²) in [5, 5.41) is 14.3. The van der Waals surface area contributed by atoms with E-state index < -0.39 is 0 Å². The van der Waals surface area contributed by atoms with Crippen molar-refractivity contribution < 1.29 is 4.79 Å². The van der Waals surface area contributed by atoms with E-state index in [0.717, 1.165) is 5.56 Å². The molecule has 26 heavy (non-hydrogen) atoms. The van der Waals surface area contributed by atoms with Gasteiger partial charge < -0.3 is 0 Å². The highest BCUT2D eigenvalue weighted by Crippen LogP contribution is 2.24. The number of carbonyl (C=O) groups is 1. The number of hydrogen-bond donors (Lipinski definition) is 0. The number of nitriles is 1. The molecule has 0 bridgehead atoms. The van der Waals surface area contributed by atoms with Crippen LogP contribution < -0.4 is 0 Å². The number of nitrogens with zero attached hydrogens (tertiary/aromatic N) is 3. The lowest BCUT2D eigenvalue weighted by Crippen LogP contribution is -2.02. The molecule has 0 N–H and O–H groups in total. The van der Waals surface area contributed by atoms with E-state index in [1.807, 2.05) is 42.5 Å². The fourth-order valence-corrected chi connectivity index (χ4v) is 2.92. The molecule has 3 aromatic rings. The largest absolute Gasteiger partial charge is 0.288 e. The topological polar surface area (TPSA) is 58.7 Å².